The number of amides is 1. The minimum Gasteiger partial charge on any atom is -0.467 e. The zero-order valence-corrected chi connectivity index (χ0v) is 15.6. The van der Waals surface area contributed by atoms with Crippen molar-refractivity contribution in [3.8, 4) is 0 Å². The number of rotatable bonds is 4. The second-order valence-corrected chi connectivity index (χ2v) is 8.59. The maximum Gasteiger partial charge on any atom is 0.408 e. The van der Waals surface area contributed by atoms with Crippen LogP contribution in [-0.4, -0.2) is 36.4 Å². The highest BCUT2D eigenvalue weighted by molar-refractivity contribution is 5.81. The molecule has 0 heterocycles. The van der Waals surface area contributed by atoms with Crippen LogP contribution >= 0.6 is 0 Å². The van der Waals surface area contributed by atoms with Gasteiger partial charge in [-0.3, -0.25) is 0 Å². The summed E-state index contributed by atoms with van der Waals surface area (Å²) in [5.74, 6) is 0.575. The van der Waals surface area contributed by atoms with Gasteiger partial charge in [0.1, 0.15) is 11.6 Å². The highest BCUT2D eigenvalue weighted by atomic mass is 16.6. The Balaban J connectivity index is 2.01. The number of carbonyl (C=O) groups is 2. The largest absolute Gasteiger partial charge is 0.467 e. The molecule has 138 valence electrons. The van der Waals surface area contributed by atoms with Gasteiger partial charge in [0.05, 0.1) is 7.11 Å². The number of hydrogen-bond donors (Lipinski definition) is 2. The summed E-state index contributed by atoms with van der Waals surface area (Å²) >= 11 is 0. The lowest BCUT2D eigenvalue weighted by Gasteiger charge is -2.52. The zero-order chi connectivity index (χ0) is 18.1. The van der Waals surface area contributed by atoms with Gasteiger partial charge < -0.3 is 20.5 Å². The maximum atomic E-state index is 12.4. The van der Waals surface area contributed by atoms with E-state index in [9.17, 15) is 9.59 Å². The van der Waals surface area contributed by atoms with Crippen LogP contribution in [0.2, 0.25) is 0 Å². The van der Waals surface area contributed by atoms with Crippen LogP contribution in [0.5, 0.6) is 0 Å². The standard InChI is InChI=1S/C18H32N2O4/c1-11(2)14(15(21)23-5)20-16(22)24-17(4)8-13-6-12(3)7-18(19,9-13)10-17/h11-14H,6-10,19H2,1-5H3,(H,20,22). The number of hydrogen-bond acceptors (Lipinski definition) is 5. The van der Waals surface area contributed by atoms with Crippen LogP contribution in [0.15, 0.2) is 0 Å². The lowest BCUT2D eigenvalue weighted by molar-refractivity contribution is -0.144. The summed E-state index contributed by atoms with van der Waals surface area (Å²) < 4.78 is 10.5. The van der Waals surface area contributed by atoms with Gasteiger partial charge in [-0.2, -0.15) is 0 Å². The average molecular weight is 340 g/mol. The molecule has 2 rings (SSSR count). The Morgan fingerprint density at radius 3 is 2.46 bits per heavy atom. The molecule has 5 unspecified atom stereocenters. The van der Waals surface area contributed by atoms with Crippen molar-refractivity contribution in [2.24, 2.45) is 23.5 Å². The van der Waals surface area contributed by atoms with E-state index in [1.807, 2.05) is 20.8 Å². The second kappa shape index (κ2) is 6.90. The van der Waals surface area contributed by atoms with E-state index in [0.29, 0.717) is 18.3 Å². The predicted molar refractivity (Wildman–Crippen MR) is 91.3 cm³/mol. The average Bonchev–Trinajstić information content (AvgIpc) is 2.40. The lowest BCUT2D eigenvalue weighted by atomic mass is 9.60. The van der Waals surface area contributed by atoms with Crippen molar-refractivity contribution >= 4 is 12.1 Å². The van der Waals surface area contributed by atoms with Crippen molar-refractivity contribution in [2.75, 3.05) is 7.11 Å². The van der Waals surface area contributed by atoms with Gasteiger partial charge in [-0.15, -0.1) is 0 Å². The summed E-state index contributed by atoms with van der Waals surface area (Å²) in [5.41, 5.74) is 5.74. The molecule has 2 bridgehead atoms. The van der Waals surface area contributed by atoms with Crippen LogP contribution < -0.4 is 11.1 Å². The number of carbonyl (C=O) groups excluding carboxylic acids is 2. The second-order valence-electron chi connectivity index (χ2n) is 8.59. The zero-order valence-electron chi connectivity index (χ0n) is 15.6. The van der Waals surface area contributed by atoms with Gasteiger partial charge in [-0.25, -0.2) is 9.59 Å². The molecular weight excluding hydrogens is 308 g/mol. The molecule has 6 nitrogen and oxygen atoms in total. The maximum absolute atomic E-state index is 12.4. The number of nitrogens with two attached hydrogens (primary N) is 1. The molecule has 0 aliphatic heterocycles. The topological polar surface area (TPSA) is 90.6 Å². The Morgan fingerprint density at radius 1 is 1.25 bits per heavy atom. The highest BCUT2D eigenvalue weighted by Gasteiger charge is 2.49. The van der Waals surface area contributed by atoms with Crippen LogP contribution in [0.3, 0.4) is 0 Å². The van der Waals surface area contributed by atoms with Crippen molar-refractivity contribution in [3.63, 3.8) is 0 Å². The normalized spacial score (nSPS) is 36.8. The molecule has 2 aliphatic carbocycles. The van der Waals surface area contributed by atoms with Crippen LogP contribution in [0.1, 0.15) is 59.8 Å². The van der Waals surface area contributed by atoms with Crippen molar-refractivity contribution < 1.29 is 19.1 Å². The summed E-state index contributed by atoms with van der Waals surface area (Å²) in [6.07, 6.45) is 4.04. The molecule has 0 aromatic heterocycles. The fourth-order valence-corrected chi connectivity index (χ4v) is 4.90. The summed E-state index contributed by atoms with van der Waals surface area (Å²) in [4.78, 5) is 24.2. The SMILES string of the molecule is COC(=O)C(NC(=O)OC1(C)CC2CC(C)CC(N)(C2)C1)C(C)C. The number of alkyl carbamates (subject to hydrolysis) is 1. The number of nitrogens with one attached hydrogen (secondary N) is 1. The van der Waals surface area contributed by atoms with Crippen LogP contribution in [0, 0.1) is 17.8 Å². The Bertz CT molecular complexity index is 491. The number of esters is 1. The van der Waals surface area contributed by atoms with E-state index in [2.05, 4.69) is 12.2 Å². The molecular formula is C18H32N2O4. The molecule has 2 fully saturated rings. The summed E-state index contributed by atoms with van der Waals surface area (Å²) in [7, 11) is 1.31. The Labute approximate surface area is 144 Å². The highest BCUT2D eigenvalue weighted by Crippen LogP contribution is 2.48. The van der Waals surface area contributed by atoms with Gasteiger partial charge in [0, 0.05) is 12.0 Å². The minimum absolute atomic E-state index is 0.0785. The lowest BCUT2D eigenvalue weighted by Crippen LogP contribution is -2.58. The van der Waals surface area contributed by atoms with Gasteiger partial charge in [-0.1, -0.05) is 20.8 Å². The molecule has 5 atom stereocenters. The first-order valence-electron chi connectivity index (χ1n) is 8.92. The van der Waals surface area contributed by atoms with E-state index in [0.717, 1.165) is 25.7 Å². The monoisotopic (exact) mass is 340 g/mol. The Kier molecular flexibility index (Phi) is 5.47. The van der Waals surface area contributed by atoms with Gasteiger partial charge >= 0.3 is 12.1 Å². The first-order valence-corrected chi connectivity index (χ1v) is 8.92. The summed E-state index contributed by atoms with van der Waals surface area (Å²) in [6.45, 7) is 7.90. The Hall–Kier alpha value is -1.30. The molecule has 0 saturated heterocycles. The molecule has 0 radical (unpaired) electrons. The minimum atomic E-state index is -0.707. The van der Waals surface area contributed by atoms with Gasteiger partial charge in [-0.05, 0) is 50.4 Å². The van der Waals surface area contributed by atoms with Crippen molar-refractivity contribution in [3.05, 3.63) is 0 Å². The molecule has 0 aromatic carbocycles. The molecule has 0 aromatic rings. The molecule has 24 heavy (non-hydrogen) atoms. The van der Waals surface area contributed by atoms with Crippen molar-refractivity contribution in [2.45, 2.75) is 77.0 Å². The third-order valence-corrected chi connectivity index (χ3v) is 5.37. The quantitative estimate of drug-likeness (QED) is 0.768. The van der Waals surface area contributed by atoms with Gasteiger partial charge in [0.15, 0.2) is 0 Å². The molecule has 6 heteroatoms. The Morgan fingerprint density at radius 2 is 1.92 bits per heavy atom. The van der Waals surface area contributed by atoms with Crippen LogP contribution in [-0.2, 0) is 14.3 Å². The van der Waals surface area contributed by atoms with Gasteiger partial charge in [0.25, 0.3) is 0 Å². The van der Waals surface area contributed by atoms with E-state index < -0.39 is 23.7 Å². The third kappa shape index (κ3) is 4.41. The smallest absolute Gasteiger partial charge is 0.408 e. The van der Waals surface area contributed by atoms with E-state index in [4.69, 9.17) is 15.2 Å². The first-order chi connectivity index (χ1) is 11.1. The number of fused-ring (bicyclic) bond motifs is 2. The van der Waals surface area contributed by atoms with E-state index in [1.165, 1.54) is 7.11 Å². The predicted octanol–water partition coefficient (Wildman–Crippen LogP) is 2.60. The molecule has 3 N–H and O–H groups in total. The molecule has 1 amide bonds. The molecule has 2 saturated carbocycles. The van der Waals surface area contributed by atoms with E-state index >= 15 is 0 Å². The molecule has 2 aliphatic rings. The van der Waals surface area contributed by atoms with Crippen molar-refractivity contribution in [1.82, 2.24) is 5.32 Å². The van der Waals surface area contributed by atoms with E-state index in [-0.39, 0.29) is 11.5 Å². The summed E-state index contributed by atoms with van der Waals surface area (Å²) in [6, 6.07) is -0.707. The van der Waals surface area contributed by atoms with Crippen LogP contribution in [0.25, 0.3) is 0 Å². The molecule has 0 spiro atoms. The van der Waals surface area contributed by atoms with Crippen molar-refractivity contribution in [1.29, 1.82) is 0 Å². The third-order valence-electron chi connectivity index (χ3n) is 5.37. The van der Waals surface area contributed by atoms with Gasteiger partial charge in [0.2, 0.25) is 0 Å². The van der Waals surface area contributed by atoms with Crippen LogP contribution in [0.4, 0.5) is 4.79 Å². The van der Waals surface area contributed by atoms with E-state index in [1.54, 1.807) is 0 Å². The number of methoxy groups -OCH3 is 1. The first kappa shape index (κ1) is 19.0. The number of ether oxygens (including phenoxy) is 2. The fraction of sp³-hybridized carbons (Fsp3) is 0.889. The summed E-state index contributed by atoms with van der Waals surface area (Å²) in [5, 5.41) is 2.65. The fourth-order valence-electron chi connectivity index (χ4n) is 4.90.